The fraction of sp³-hybridized carbons (Fsp3) is 0.600. The van der Waals surface area contributed by atoms with Gasteiger partial charge in [-0.25, -0.2) is 0 Å². The van der Waals surface area contributed by atoms with Crippen LogP contribution in [-0.2, 0) is 11.3 Å². The average molecular weight is 230 g/mol. The summed E-state index contributed by atoms with van der Waals surface area (Å²) in [6.07, 6.45) is 5.92. The number of alkyl halides is 1. The molecule has 15 heavy (non-hydrogen) atoms. The zero-order chi connectivity index (χ0) is 10.9. The third kappa shape index (κ3) is 5.42. The molecular weight excluding hydrogens is 214 g/mol. The predicted molar refractivity (Wildman–Crippen MR) is 59.8 cm³/mol. The van der Waals surface area contributed by atoms with Gasteiger partial charge >= 0.3 is 0 Å². The second kappa shape index (κ2) is 7.29. The van der Waals surface area contributed by atoms with Gasteiger partial charge in [-0.3, -0.25) is 9.48 Å². The lowest BCUT2D eigenvalue weighted by atomic mass is 10.2. The molecule has 0 aromatic carbocycles. The first-order valence-corrected chi connectivity index (χ1v) is 5.66. The summed E-state index contributed by atoms with van der Waals surface area (Å²) in [6, 6.07) is 1.86. The molecule has 0 spiro atoms. The zero-order valence-corrected chi connectivity index (χ0v) is 9.41. The Labute approximate surface area is 94.6 Å². The number of amides is 1. The van der Waals surface area contributed by atoms with Gasteiger partial charge in [0.05, 0.1) is 6.54 Å². The van der Waals surface area contributed by atoms with Crippen molar-refractivity contribution in [1.82, 2.24) is 15.1 Å². The van der Waals surface area contributed by atoms with Crippen LogP contribution in [0, 0.1) is 0 Å². The standard InChI is InChI=1S/C10H16ClN3O/c11-5-2-1-4-10(15)12-7-9-14-8-3-6-13-14/h3,6,8H,1-2,4-5,7,9H2,(H,12,15). The molecule has 1 N–H and O–H groups in total. The highest BCUT2D eigenvalue weighted by molar-refractivity contribution is 6.17. The molecule has 5 heteroatoms. The molecule has 1 aromatic rings. The molecule has 0 aliphatic carbocycles. The highest BCUT2D eigenvalue weighted by atomic mass is 35.5. The van der Waals surface area contributed by atoms with E-state index in [1.807, 2.05) is 12.3 Å². The Morgan fingerprint density at radius 2 is 2.33 bits per heavy atom. The van der Waals surface area contributed by atoms with E-state index in [9.17, 15) is 4.79 Å². The smallest absolute Gasteiger partial charge is 0.220 e. The van der Waals surface area contributed by atoms with Gasteiger partial charge in [0.25, 0.3) is 0 Å². The first kappa shape index (κ1) is 12.0. The Hall–Kier alpha value is -1.03. The van der Waals surface area contributed by atoms with Gasteiger partial charge in [-0.15, -0.1) is 11.6 Å². The summed E-state index contributed by atoms with van der Waals surface area (Å²) in [4.78, 5) is 11.3. The van der Waals surface area contributed by atoms with E-state index in [0.29, 0.717) is 25.4 Å². The fourth-order valence-electron chi connectivity index (χ4n) is 1.21. The van der Waals surface area contributed by atoms with Crippen molar-refractivity contribution in [3.63, 3.8) is 0 Å². The van der Waals surface area contributed by atoms with Crippen LogP contribution in [0.3, 0.4) is 0 Å². The number of aromatic nitrogens is 2. The number of nitrogens with one attached hydrogen (secondary N) is 1. The van der Waals surface area contributed by atoms with Crippen LogP contribution >= 0.6 is 11.6 Å². The van der Waals surface area contributed by atoms with Crippen LogP contribution in [0.15, 0.2) is 18.5 Å². The number of carbonyl (C=O) groups excluding carboxylic acids is 1. The number of halogens is 1. The Bertz CT molecular complexity index is 274. The molecule has 0 radical (unpaired) electrons. The van der Waals surface area contributed by atoms with Crippen molar-refractivity contribution in [1.29, 1.82) is 0 Å². The minimum absolute atomic E-state index is 0.0901. The van der Waals surface area contributed by atoms with Crippen LogP contribution in [0.4, 0.5) is 0 Å². The van der Waals surface area contributed by atoms with Gasteiger partial charge in [0, 0.05) is 31.2 Å². The molecule has 0 bridgehead atoms. The van der Waals surface area contributed by atoms with Crippen LogP contribution in [-0.4, -0.2) is 28.1 Å². The Kier molecular flexibility index (Phi) is 5.85. The molecule has 0 fully saturated rings. The molecule has 1 heterocycles. The van der Waals surface area contributed by atoms with Crippen molar-refractivity contribution in [3.8, 4) is 0 Å². The first-order valence-electron chi connectivity index (χ1n) is 5.13. The second-order valence-corrected chi connectivity index (χ2v) is 3.64. The van der Waals surface area contributed by atoms with Crippen LogP contribution in [0.1, 0.15) is 19.3 Å². The van der Waals surface area contributed by atoms with Crippen molar-refractivity contribution in [2.45, 2.75) is 25.8 Å². The van der Waals surface area contributed by atoms with Crippen molar-refractivity contribution in [2.24, 2.45) is 0 Å². The maximum Gasteiger partial charge on any atom is 0.220 e. The van der Waals surface area contributed by atoms with Gasteiger partial charge in [-0.2, -0.15) is 5.10 Å². The molecule has 0 unspecified atom stereocenters. The predicted octanol–water partition coefficient (Wildman–Crippen LogP) is 1.41. The molecule has 1 rings (SSSR count). The second-order valence-electron chi connectivity index (χ2n) is 3.27. The number of hydrogen-bond acceptors (Lipinski definition) is 2. The average Bonchev–Trinajstić information content (AvgIpc) is 2.71. The molecule has 4 nitrogen and oxygen atoms in total. The van der Waals surface area contributed by atoms with E-state index in [0.717, 1.165) is 12.8 Å². The number of carbonyl (C=O) groups is 1. The van der Waals surface area contributed by atoms with E-state index in [-0.39, 0.29) is 5.91 Å². The normalized spacial score (nSPS) is 10.2. The largest absolute Gasteiger partial charge is 0.354 e. The van der Waals surface area contributed by atoms with E-state index >= 15 is 0 Å². The maximum absolute atomic E-state index is 11.3. The quantitative estimate of drug-likeness (QED) is 0.568. The molecular formula is C10H16ClN3O. The number of hydrogen-bond donors (Lipinski definition) is 1. The molecule has 0 aliphatic rings. The topological polar surface area (TPSA) is 46.9 Å². The number of unbranched alkanes of at least 4 members (excludes halogenated alkanes) is 1. The van der Waals surface area contributed by atoms with Crippen molar-refractivity contribution in [2.75, 3.05) is 12.4 Å². The fourth-order valence-corrected chi connectivity index (χ4v) is 1.40. The first-order chi connectivity index (χ1) is 7.33. The lowest BCUT2D eigenvalue weighted by Crippen LogP contribution is -2.27. The summed E-state index contributed by atoms with van der Waals surface area (Å²) < 4.78 is 1.79. The van der Waals surface area contributed by atoms with Gasteiger partial charge in [-0.05, 0) is 18.9 Å². The van der Waals surface area contributed by atoms with Crippen LogP contribution in [0.25, 0.3) is 0 Å². The van der Waals surface area contributed by atoms with Gasteiger partial charge in [0.2, 0.25) is 5.91 Å². The zero-order valence-electron chi connectivity index (χ0n) is 8.66. The molecule has 84 valence electrons. The van der Waals surface area contributed by atoms with Crippen molar-refractivity contribution >= 4 is 17.5 Å². The number of nitrogens with zero attached hydrogens (tertiary/aromatic N) is 2. The molecule has 0 saturated carbocycles. The third-order valence-electron chi connectivity index (χ3n) is 2.01. The molecule has 0 aliphatic heterocycles. The highest BCUT2D eigenvalue weighted by Crippen LogP contribution is 1.96. The lowest BCUT2D eigenvalue weighted by Gasteiger charge is -2.04. The summed E-state index contributed by atoms with van der Waals surface area (Å²) >= 11 is 5.51. The summed E-state index contributed by atoms with van der Waals surface area (Å²) in [5.74, 6) is 0.716. The molecule has 1 aromatic heterocycles. The van der Waals surface area contributed by atoms with E-state index in [4.69, 9.17) is 11.6 Å². The lowest BCUT2D eigenvalue weighted by molar-refractivity contribution is -0.121. The summed E-state index contributed by atoms with van der Waals surface area (Å²) in [6.45, 7) is 1.34. The monoisotopic (exact) mass is 229 g/mol. The van der Waals surface area contributed by atoms with E-state index in [1.165, 1.54) is 0 Å². The van der Waals surface area contributed by atoms with Crippen molar-refractivity contribution < 1.29 is 4.79 Å². The summed E-state index contributed by atoms with van der Waals surface area (Å²) in [7, 11) is 0. The van der Waals surface area contributed by atoms with Crippen LogP contribution in [0.2, 0.25) is 0 Å². The van der Waals surface area contributed by atoms with Gasteiger partial charge < -0.3 is 5.32 Å². The van der Waals surface area contributed by atoms with Gasteiger partial charge in [0.15, 0.2) is 0 Å². The molecule has 1 amide bonds. The maximum atomic E-state index is 11.3. The minimum atomic E-state index is 0.0901. The summed E-state index contributed by atoms with van der Waals surface area (Å²) in [5, 5.41) is 6.87. The van der Waals surface area contributed by atoms with E-state index in [2.05, 4.69) is 10.4 Å². The Morgan fingerprint density at radius 3 is 3.00 bits per heavy atom. The third-order valence-corrected chi connectivity index (χ3v) is 2.28. The van der Waals surface area contributed by atoms with Crippen molar-refractivity contribution in [3.05, 3.63) is 18.5 Å². The number of rotatable bonds is 7. The highest BCUT2D eigenvalue weighted by Gasteiger charge is 1.99. The van der Waals surface area contributed by atoms with Gasteiger partial charge in [-0.1, -0.05) is 0 Å². The van der Waals surface area contributed by atoms with Gasteiger partial charge in [0.1, 0.15) is 0 Å². The molecule has 0 saturated heterocycles. The molecule has 0 atom stereocenters. The Balaban J connectivity index is 2.02. The van der Waals surface area contributed by atoms with Crippen LogP contribution in [0.5, 0.6) is 0 Å². The SMILES string of the molecule is O=C(CCCCCl)NCCn1cccn1. The van der Waals surface area contributed by atoms with E-state index < -0.39 is 0 Å². The van der Waals surface area contributed by atoms with E-state index in [1.54, 1.807) is 10.9 Å². The van der Waals surface area contributed by atoms with Crippen LogP contribution < -0.4 is 5.32 Å². The summed E-state index contributed by atoms with van der Waals surface area (Å²) in [5.41, 5.74) is 0. The Morgan fingerprint density at radius 1 is 1.47 bits per heavy atom. The minimum Gasteiger partial charge on any atom is -0.354 e.